The monoisotopic (exact) mass is 685 g/mol. The van der Waals surface area contributed by atoms with E-state index < -0.39 is 46.3 Å². The first kappa shape index (κ1) is 38.1. The first-order chi connectivity index (χ1) is 21.3. The highest BCUT2D eigenvalue weighted by Gasteiger charge is 2.33. The molecule has 11 nitrogen and oxygen atoms in total. The number of hydrazine groups is 1. The number of ether oxygens (including phenoxy) is 2. The minimum atomic E-state index is -1.72. The van der Waals surface area contributed by atoms with Gasteiger partial charge >= 0.3 is 5.97 Å². The summed E-state index contributed by atoms with van der Waals surface area (Å²) in [7, 11) is 0. The van der Waals surface area contributed by atoms with Crippen LogP contribution in [0.2, 0.25) is 0 Å². The molecular formula is C31H42Cl3N5O6. The highest BCUT2D eigenvalue weighted by molar-refractivity contribution is 6.67. The molecule has 1 aliphatic rings. The normalized spacial score (nSPS) is 16.0. The maximum Gasteiger partial charge on any atom is 0.325 e. The Hall–Kier alpha value is -3.12. The maximum atomic E-state index is 12.6. The fourth-order valence-corrected chi connectivity index (χ4v) is 4.50. The Kier molecular flexibility index (Phi) is 15.9. The lowest BCUT2D eigenvalue weighted by molar-refractivity contribution is -0.152. The van der Waals surface area contributed by atoms with Gasteiger partial charge in [-0.1, -0.05) is 61.6 Å². The van der Waals surface area contributed by atoms with Crippen LogP contribution in [0.5, 0.6) is 5.75 Å². The Morgan fingerprint density at radius 1 is 1.11 bits per heavy atom. The van der Waals surface area contributed by atoms with E-state index >= 15 is 0 Å². The summed E-state index contributed by atoms with van der Waals surface area (Å²) in [6, 6.07) is 11.8. The number of amides is 3. The van der Waals surface area contributed by atoms with E-state index in [0.29, 0.717) is 32.4 Å². The second-order valence-corrected chi connectivity index (χ2v) is 13.1. The molecule has 1 saturated heterocycles. The Balaban J connectivity index is 0.000000351. The van der Waals surface area contributed by atoms with Gasteiger partial charge in [-0.05, 0) is 75.4 Å². The van der Waals surface area contributed by atoms with Crippen molar-refractivity contribution in [3.8, 4) is 17.0 Å². The first-order valence-corrected chi connectivity index (χ1v) is 15.9. The Labute approximate surface area is 279 Å². The lowest BCUT2D eigenvalue weighted by Gasteiger charge is -2.34. The predicted molar refractivity (Wildman–Crippen MR) is 175 cm³/mol. The fraction of sp³-hybridized carbons (Fsp3) is 0.516. The van der Waals surface area contributed by atoms with Crippen molar-refractivity contribution in [2.24, 2.45) is 5.92 Å². The largest absolute Gasteiger partial charge is 0.494 e. The smallest absolute Gasteiger partial charge is 0.325 e. The van der Waals surface area contributed by atoms with E-state index in [2.05, 4.69) is 40.1 Å². The van der Waals surface area contributed by atoms with Gasteiger partial charge in [-0.15, -0.1) is 0 Å². The van der Waals surface area contributed by atoms with Crippen LogP contribution in [0.3, 0.4) is 0 Å². The zero-order valence-corrected chi connectivity index (χ0v) is 28.4. The number of carbonyl (C=O) groups excluding carboxylic acids is 4. The molecule has 2 aromatic rings. The van der Waals surface area contributed by atoms with Crippen molar-refractivity contribution >= 4 is 59.0 Å². The third kappa shape index (κ3) is 13.0. The van der Waals surface area contributed by atoms with Crippen LogP contribution in [-0.4, -0.2) is 75.9 Å². The van der Waals surface area contributed by atoms with E-state index in [0.717, 1.165) is 29.1 Å². The number of hydrogen-bond donors (Lipinski definition) is 3. The highest BCUT2D eigenvalue weighted by atomic mass is 35.6. The molecule has 1 fully saturated rings. The average molecular weight is 687 g/mol. The minimum Gasteiger partial charge on any atom is -0.494 e. The van der Waals surface area contributed by atoms with Crippen molar-refractivity contribution in [1.29, 1.82) is 0 Å². The zero-order chi connectivity index (χ0) is 33.6. The van der Waals surface area contributed by atoms with Crippen molar-refractivity contribution in [3.63, 3.8) is 0 Å². The van der Waals surface area contributed by atoms with Gasteiger partial charge < -0.3 is 20.1 Å². The minimum absolute atomic E-state index is 0.155. The van der Waals surface area contributed by atoms with Gasteiger partial charge in [-0.3, -0.25) is 29.2 Å². The second kappa shape index (κ2) is 18.8. The lowest BCUT2D eigenvalue weighted by atomic mass is 10.0. The van der Waals surface area contributed by atoms with Gasteiger partial charge in [0.25, 0.3) is 5.91 Å². The quantitative estimate of drug-likeness (QED) is 0.170. The molecule has 3 amide bonds. The number of halogens is 3. The van der Waals surface area contributed by atoms with E-state index in [1.807, 2.05) is 37.3 Å². The summed E-state index contributed by atoms with van der Waals surface area (Å²) < 4.78 is 8.64. The van der Waals surface area contributed by atoms with Crippen LogP contribution in [0, 0.1) is 5.92 Å². The molecule has 2 heterocycles. The van der Waals surface area contributed by atoms with Crippen molar-refractivity contribution in [2.75, 3.05) is 19.8 Å². The van der Waals surface area contributed by atoms with Crippen LogP contribution in [0.25, 0.3) is 11.3 Å². The number of nitrogens with zero attached hydrogens (tertiary/aromatic N) is 2. The first-order valence-electron chi connectivity index (χ1n) is 14.8. The number of aromatic nitrogens is 1. The SMILES string of the molecule is CC(NC(=O)C(NC=O)C(C)C)C(=O)N1CCCC(C(=O)OCC(Cl)(Cl)Cl)N1.CCOc1ccc(-c2cccc(CC)n2)cc1. The third-order valence-electron chi connectivity index (χ3n) is 6.67. The summed E-state index contributed by atoms with van der Waals surface area (Å²) in [5, 5.41) is 6.26. The summed E-state index contributed by atoms with van der Waals surface area (Å²) in [6.07, 6.45) is 2.40. The summed E-state index contributed by atoms with van der Waals surface area (Å²) in [4.78, 5) is 52.2. The van der Waals surface area contributed by atoms with E-state index in [1.54, 1.807) is 13.8 Å². The average Bonchev–Trinajstić information content (AvgIpc) is 3.02. The molecule has 45 heavy (non-hydrogen) atoms. The molecule has 1 aromatic carbocycles. The number of hydrogen-bond acceptors (Lipinski definition) is 8. The summed E-state index contributed by atoms with van der Waals surface area (Å²) >= 11 is 16.7. The molecular weight excluding hydrogens is 645 g/mol. The van der Waals surface area contributed by atoms with Crippen LogP contribution in [0.1, 0.15) is 53.2 Å². The lowest BCUT2D eigenvalue weighted by Crippen LogP contribution is -2.60. The fourth-order valence-electron chi connectivity index (χ4n) is 4.34. The van der Waals surface area contributed by atoms with Crippen molar-refractivity contribution in [3.05, 3.63) is 48.2 Å². The molecule has 0 aliphatic carbocycles. The number of alkyl halides is 3. The van der Waals surface area contributed by atoms with Gasteiger partial charge in [-0.2, -0.15) is 0 Å². The maximum absolute atomic E-state index is 12.6. The van der Waals surface area contributed by atoms with Gasteiger partial charge in [0.2, 0.25) is 16.1 Å². The predicted octanol–water partition coefficient (Wildman–Crippen LogP) is 4.38. The molecule has 0 bridgehead atoms. The van der Waals surface area contributed by atoms with Crippen LogP contribution >= 0.6 is 34.8 Å². The topological polar surface area (TPSA) is 139 Å². The molecule has 0 radical (unpaired) electrons. The second-order valence-electron chi connectivity index (χ2n) is 10.6. The Morgan fingerprint density at radius 3 is 2.38 bits per heavy atom. The van der Waals surface area contributed by atoms with Gasteiger partial charge in [0.15, 0.2) is 0 Å². The van der Waals surface area contributed by atoms with Gasteiger partial charge in [0, 0.05) is 17.8 Å². The highest BCUT2D eigenvalue weighted by Crippen LogP contribution is 2.26. The van der Waals surface area contributed by atoms with Gasteiger partial charge in [0.05, 0.1) is 12.3 Å². The van der Waals surface area contributed by atoms with Crippen LogP contribution in [-0.2, 0) is 30.3 Å². The number of benzene rings is 1. The van der Waals surface area contributed by atoms with E-state index in [9.17, 15) is 19.2 Å². The molecule has 3 atom stereocenters. The Morgan fingerprint density at radius 2 is 1.80 bits per heavy atom. The summed E-state index contributed by atoms with van der Waals surface area (Å²) in [6.45, 7) is 9.81. The summed E-state index contributed by atoms with van der Waals surface area (Å²) in [5.74, 6) is -0.796. The molecule has 248 valence electrons. The molecule has 0 saturated carbocycles. The van der Waals surface area contributed by atoms with Crippen molar-refractivity contribution in [1.82, 2.24) is 26.1 Å². The van der Waals surface area contributed by atoms with E-state index in [1.165, 1.54) is 11.9 Å². The third-order valence-corrected chi connectivity index (χ3v) is 7.00. The molecule has 14 heteroatoms. The Bertz CT molecular complexity index is 1260. The van der Waals surface area contributed by atoms with E-state index in [4.69, 9.17) is 44.3 Å². The number of rotatable bonds is 12. The van der Waals surface area contributed by atoms with Crippen LogP contribution < -0.4 is 20.8 Å². The molecule has 3 N–H and O–H groups in total. The molecule has 3 rings (SSSR count). The standard InChI is InChI=1S/C16H25Cl3N4O5.C15H17NO/c1-9(2)12(20-8-24)13(25)21-10(3)14(26)23-6-4-5-11(22-23)15(27)28-7-16(17,18)19;1-3-13-6-5-7-15(16-13)12-8-10-14(11-9-12)17-4-2/h8-12,22H,4-7H2,1-3H3,(H,20,24)(H,21,25);5-11H,3-4H2,1-2H3. The number of nitrogens with one attached hydrogen (secondary N) is 3. The zero-order valence-electron chi connectivity index (χ0n) is 26.1. The van der Waals surface area contributed by atoms with Gasteiger partial charge in [0.1, 0.15) is 30.5 Å². The number of pyridine rings is 1. The summed E-state index contributed by atoms with van der Waals surface area (Å²) in [5.41, 5.74) is 6.05. The van der Waals surface area contributed by atoms with Crippen molar-refractivity contribution in [2.45, 2.75) is 75.8 Å². The van der Waals surface area contributed by atoms with Crippen LogP contribution in [0.15, 0.2) is 42.5 Å². The van der Waals surface area contributed by atoms with Crippen molar-refractivity contribution < 1.29 is 28.7 Å². The molecule has 1 aliphatic heterocycles. The molecule has 3 unspecified atom stereocenters. The number of aryl methyl sites for hydroxylation is 1. The molecule has 1 aromatic heterocycles. The number of carbonyl (C=O) groups is 4. The van der Waals surface area contributed by atoms with Gasteiger partial charge in [-0.25, -0.2) is 5.43 Å². The molecule has 0 spiro atoms. The number of esters is 1. The van der Waals surface area contributed by atoms with Crippen LogP contribution in [0.4, 0.5) is 0 Å². The van der Waals surface area contributed by atoms with E-state index in [-0.39, 0.29) is 5.92 Å².